The maximum Gasteiger partial charge on any atom is 0.472 e. The van der Waals surface area contributed by atoms with Crippen LogP contribution in [0.3, 0.4) is 0 Å². The monoisotopic (exact) mass is 527 g/mol. The van der Waals surface area contributed by atoms with Gasteiger partial charge in [-0.05, 0) is 30.8 Å². The zero-order chi connectivity index (χ0) is 26.4. The Hall–Kier alpha value is -4.19. The molecule has 0 saturated heterocycles. The van der Waals surface area contributed by atoms with E-state index in [9.17, 15) is 27.0 Å². The van der Waals surface area contributed by atoms with Crippen LogP contribution in [-0.2, 0) is 14.5 Å². The molecule has 0 radical (unpaired) electrons. The van der Waals surface area contributed by atoms with Crippen molar-refractivity contribution in [3.05, 3.63) is 72.6 Å². The number of carbonyl (C=O) groups excluding carboxylic acids is 2. The average Bonchev–Trinajstić information content (AvgIpc) is 3.58. The Morgan fingerprint density at radius 2 is 1.70 bits per heavy atom. The van der Waals surface area contributed by atoms with E-state index in [1.165, 1.54) is 15.3 Å². The first-order valence-corrected chi connectivity index (χ1v) is 12.9. The van der Waals surface area contributed by atoms with Crippen molar-refractivity contribution in [2.24, 2.45) is 0 Å². The summed E-state index contributed by atoms with van der Waals surface area (Å²) >= 11 is 0. The molecule has 1 aliphatic rings. The van der Waals surface area contributed by atoms with E-state index in [4.69, 9.17) is 0 Å². The van der Waals surface area contributed by atoms with E-state index in [1.54, 1.807) is 60.8 Å². The molecule has 5 rings (SSSR count). The van der Waals surface area contributed by atoms with Crippen molar-refractivity contribution >= 4 is 33.0 Å². The molecule has 2 aromatic heterocycles. The molecule has 0 spiro atoms. The Morgan fingerprint density at radius 1 is 1.03 bits per heavy atom. The summed E-state index contributed by atoms with van der Waals surface area (Å²) in [4.78, 5) is 32.5. The number of halogens is 3. The highest BCUT2D eigenvalue weighted by molar-refractivity contribution is 7.99. The number of aromatic nitrogens is 3. The molecule has 0 bridgehead atoms. The van der Waals surface area contributed by atoms with Gasteiger partial charge >= 0.3 is 12.1 Å². The van der Waals surface area contributed by atoms with E-state index < -0.39 is 26.8 Å². The van der Waals surface area contributed by atoms with Crippen molar-refractivity contribution in [2.45, 2.75) is 30.1 Å². The molecule has 1 unspecified atom stereocenters. The van der Waals surface area contributed by atoms with Crippen LogP contribution < -0.4 is 10.0 Å². The Morgan fingerprint density at radius 3 is 2.32 bits per heavy atom. The van der Waals surface area contributed by atoms with Gasteiger partial charge in [-0.15, -0.1) is 0 Å². The van der Waals surface area contributed by atoms with Crippen LogP contribution in [0.15, 0.2) is 72.0 Å². The first-order chi connectivity index (χ1) is 17.5. The molecule has 2 aromatic carbocycles. The number of fused-ring (bicyclic) bond motifs is 1. The third-order valence-electron chi connectivity index (χ3n) is 5.71. The number of nitrogens with zero attached hydrogens (tertiary/aromatic N) is 3. The molecule has 1 saturated carbocycles. The molecule has 2 amide bonds. The highest BCUT2D eigenvalue weighted by Crippen LogP contribution is 2.28. The summed E-state index contributed by atoms with van der Waals surface area (Å²) in [6, 6.07) is 15.6. The van der Waals surface area contributed by atoms with Crippen LogP contribution in [0.25, 0.3) is 28.2 Å². The van der Waals surface area contributed by atoms with E-state index in [-0.39, 0.29) is 23.3 Å². The maximum absolute atomic E-state index is 13.3. The lowest BCUT2D eigenvalue weighted by atomic mass is 10.1. The van der Waals surface area contributed by atoms with Gasteiger partial charge in [0.15, 0.2) is 10.7 Å². The summed E-state index contributed by atoms with van der Waals surface area (Å²) in [6.45, 7) is 0. The van der Waals surface area contributed by atoms with Gasteiger partial charge in [0, 0.05) is 28.9 Å². The van der Waals surface area contributed by atoms with Crippen molar-refractivity contribution in [1.29, 1.82) is 0 Å². The Kier molecular flexibility index (Phi) is 5.98. The summed E-state index contributed by atoms with van der Waals surface area (Å²) in [5.41, 5.74) is 2.46. The molecule has 0 aliphatic heterocycles. The fourth-order valence-corrected chi connectivity index (χ4v) is 4.89. The quantitative estimate of drug-likeness (QED) is 0.373. The molecule has 190 valence electrons. The number of alkyl halides is 3. The number of hydrogen-bond acceptors (Lipinski definition) is 5. The minimum atomic E-state index is -5.26. The Balaban J connectivity index is 1.61. The summed E-state index contributed by atoms with van der Waals surface area (Å²) in [5.74, 6) is 0.779. The van der Waals surface area contributed by atoms with Gasteiger partial charge in [-0.2, -0.15) is 13.2 Å². The van der Waals surface area contributed by atoms with Gasteiger partial charge in [-0.25, -0.2) is 14.2 Å². The number of rotatable bonds is 6. The zero-order valence-corrected chi connectivity index (χ0v) is 20.0. The van der Waals surface area contributed by atoms with Gasteiger partial charge in [0.05, 0.1) is 27.3 Å². The number of amides is 2. The molecule has 8 nitrogen and oxygen atoms in total. The van der Waals surface area contributed by atoms with Gasteiger partial charge in [-0.1, -0.05) is 42.5 Å². The van der Waals surface area contributed by atoms with Crippen molar-refractivity contribution in [3.8, 4) is 22.5 Å². The number of nitrogens with one attached hydrogen (secondary N) is 2. The number of hydrogen-bond donors (Lipinski definition) is 2. The molecule has 37 heavy (non-hydrogen) atoms. The predicted octanol–water partition coefficient (Wildman–Crippen LogP) is 3.62. The predicted molar refractivity (Wildman–Crippen MR) is 132 cm³/mol. The van der Waals surface area contributed by atoms with Gasteiger partial charge in [0.25, 0.3) is 5.91 Å². The second-order valence-corrected chi connectivity index (χ2v) is 10.5. The van der Waals surface area contributed by atoms with Crippen LogP contribution in [0, 0.1) is 0 Å². The molecule has 4 aromatic rings. The summed E-state index contributed by atoms with van der Waals surface area (Å²) in [5, 5.41) is 2.51. The standard InChI is InChI=1S/C25H20F3N5O3S/c1-37(36,32-24(35)25(26,27)28)23-21-29-13-20(33(21)14-19(31-23)15-5-3-2-4-6-15)16-7-9-17(10-8-16)22(34)30-18-11-12-18/h2-10,13-14,18H,1,11-12H2,(H,30,34)(H,32,35,36). The van der Waals surface area contributed by atoms with Crippen LogP contribution in [0.2, 0.25) is 0 Å². The first kappa shape index (κ1) is 24.5. The van der Waals surface area contributed by atoms with Crippen molar-refractivity contribution < 1.29 is 27.0 Å². The molecule has 1 aliphatic carbocycles. The summed E-state index contributed by atoms with van der Waals surface area (Å²) in [6.07, 6.45) is -0.294. The number of imidazole rings is 1. The summed E-state index contributed by atoms with van der Waals surface area (Å²) < 4.78 is 55.0. The van der Waals surface area contributed by atoms with E-state index >= 15 is 0 Å². The largest absolute Gasteiger partial charge is 0.472 e. The second-order valence-electron chi connectivity index (χ2n) is 8.56. The minimum Gasteiger partial charge on any atom is -0.349 e. The topological polar surface area (TPSA) is 105 Å². The van der Waals surface area contributed by atoms with Crippen LogP contribution in [-0.4, -0.2) is 48.5 Å². The SMILES string of the molecule is C=S(=O)(NC(=O)C(F)(F)F)c1nc(-c2ccccc2)cn2c(-c3ccc(C(=O)NC4CC4)cc3)cnc12. The van der Waals surface area contributed by atoms with Gasteiger partial charge < -0.3 is 5.32 Å². The minimum absolute atomic E-state index is 0.0345. The van der Waals surface area contributed by atoms with Crippen molar-refractivity contribution in [2.75, 3.05) is 0 Å². The number of carbonyl (C=O) groups is 2. The molecule has 2 heterocycles. The van der Waals surface area contributed by atoms with Crippen molar-refractivity contribution in [3.63, 3.8) is 0 Å². The highest BCUT2D eigenvalue weighted by Gasteiger charge is 2.40. The van der Waals surface area contributed by atoms with Crippen molar-refractivity contribution in [1.82, 2.24) is 24.4 Å². The second kappa shape index (κ2) is 9.04. The van der Waals surface area contributed by atoms with E-state index in [0.717, 1.165) is 12.8 Å². The van der Waals surface area contributed by atoms with Gasteiger partial charge in [0.2, 0.25) is 0 Å². The maximum atomic E-state index is 13.3. The van der Waals surface area contributed by atoms with E-state index in [2.05, 4.69) is 21.2 Å². The summed E-state index contributed by atoms with van der Waals surface area (Å²) in [7, 11) is -4.06. The Bertz CT molecular complexity index is 1610. The highest BCUT2D eigenvalue weighted by atomic mass is 32.2. The third kappa shape index (κ3) is 5.05. The molecular formula is C25H20F3N5O3S. The Labute approximate surface area is 209 Å². The average molecular weight is 528 g/mol. The first-order valence-electron chi connectivity index (χ1n) is 11.1. The van der Waals surface area contributed by atoms with E-state index in [1.807, 2.05) is 0 Å². The van der Waals surface area contributed by atoms with E-state index in [0.29, 0.717) is 22.4 Å². The zero-order valence-electron chi connectivity index (χ0n) is 19.2. The third-order valence-corrected chi connectivity index (χ3v) is 7.13. The fraction of sp³-hybridized carbons (Fsp3) is 0.160. The lowest BCUT2D eigenvalue weighted by Gasteiger charge is -2.15. The lowest BCUT2D eigenvalue weighted by Crippen LogP contribution is -2.40. The molecule has 2 N–H and O–H groups in total. The van der Waals surface area contributed by atoms with Crippen LogP contribution >= 0.6 is 0 Å². The van der Waals surface area contributed by atoms with Gasteiger partial charge in [0.1, 0.15) is 0 Å². The van der Waals surface area contributed by atoms with Gasteiger partial charge in [-0.3, -0.25) is 18.7 Å². The molecule has 12 heteroatoms. The number of benzene rings is 2. The molecular weight excluding hydrogens is 507 g/mol. The fourth-order valence-electron chi connectivity index (χ4n) is 3.69. The normalized spacial score (nSPS) is 15.2. The van der Waals surface area contributed by atoms with Crippen LogP contribution in [0.1, 0.15) is 23.2 Å². The molecule has 1 atom stereocenters. The van der Waals surface area contributed by atoms with Crippen LogP contribution in [0.4, 0.5) is 13.2 Å². The lowest BCUT2D eigenvalue weighted by molar-refractivity contribution is -0.171. The van der Waals surface area contributed by atoms with Crippen LogP contribution in [0.5, 0.6) is 0 Å². The molecule has 1 fully saturated rings. The smallest absolute Gasteiger partial charge is 0.349 e.